The number of aliphatic hydroxyl groups excluding tert-OH is 1. The fourth-order valence-electron chi connectivity index (χ4n) is 3.71. The molecule has 0 aliphatic carbocycles. The first-order chi connectivity index (χ1) is 14.7. The molecule has 2 aliphatic heterocycles. The Kier molecular flexibility index (Phi) is 5.48. The number of aliphatic hydroxyl groups is 1. The molecule has 0 saturated carbocycles. The molecule has 164 valence electrons. The van der Waals surface area contributed by atoms with Crippen LogP contribution in [0.25, 0.3) is 0 Å². The first kappa shape index (κ1) is 21.0. The van der Waals surface area contributed by atoms with Gasteiger partial charge in [-0.3, -0.25) is 9.59 Å². The normalized spacial score (nSPS) is 21.2. The largest absolute Gasteiger partial charge is 0.586 e. The van der Waals surface area contributed by atoms with Crippen LogP contribution in [0.3, 0.4) is 0 Å². The fourth-order valence-corrected chi connectivity index (χ4v) is 3.71. The highest BCUT2D eigenvalue weighted by Gasteiger charge is 2.44. The zero-order chi connectivity index (χ0) is 22.2. The van der Waals surface area contributed by atoms with E-state index in [2.05, 4.69) is 14.8 Å². The number of carbonyl (C=O) groups is 2. The second kappa shape index (κ2) is 8.10. The third-order valence-corrected chi connectivity index (χ3v) is 5.16. The van der Waals surface area contributed by atoms with Gasteiger partial charge in [-0.2, -0.15) is 0 Å². The molecule has 10 heteroatoms. The Bertz CT molecular complexity index is 1020. The fraction of sp³-hybridized carbons (Fsp3) is 0.333. The van der Waals surface area contributed by atoms with Crippen LogP contribution in [0, 0.1) is 5.82 Å². The number of β-amino-alcohol motifs (C(OH)–C–C–N with tert-alkyl or cyclic N) is 1. The minimum absolute atomic E-state index is 0.0133. The average molecular weight is 436 g/mol. The maximum Gasteiger partial charge on any atom is 0.586 e. The number of fused-ring (bicyclic) bond motifs is 1. The minimum Gasteiger partial charge on any atom is -0.395 e. The second-order valence-electron chi connectivity index (χ2n) is 7.35. The summed E-state index contributed by atoms with van der Waals surface area (Å²) >= 11 is 0. The molecule has 2 aromatic carbocycles. The van der Waals surface area contributed by atoms with E-state index in [0.29, 0.717) is 0 Å². The number of nitrogens with zero attached hydrogens (tertiary/aromatic N) is 1. The lowest BCUT2D eigenvalue weighted by atomic mass is 10.1. The molecule has 0 radical (unpaired) electrons. The van der Waals surface area contributed by atoms with E-state index in [1.54, 1.807) is 6.07 Å². The molecule has 0 spiro atoms. The van der Waals surface area contributed by atoms with Crippen LogP contribution in [0.1, 0.15) is 17.5 Å². The lowest BCUT2D eigenvalue weighted by Gasteiger charge is -2.24. The van der Waals surface area contributed by atoms with Crippen molar-refractivity contribution in [2.24, 2.45) is 0 Å². The molecule has 0 aromatic heterocycles. The van der Waals surface area contributed by atoms with E-state index in [9.17, 15) is 27.9 Å². The number of hydrogen-bond acceptors (Lipinski definition) is 5. The lowest BCUT2D eigenvalue weighted by molar-refractivity contribution is -0.286. The Morgan fingerprint density at radius 2 is 1.87 bits per heavy atom. The quantitative estimate of drug-likeness (QED) is 0.749. The van der Waals surface area contributed by atoms with Gasteiger partial charge in [-0.25, -0.2) is 4.39 Å². The van der Waals surface area contributed by atoms with Crippen molar-refractivity contribution in [3.63, 3.8) is 0 Å². The predicted octanol–water partition coefficient (Wildman–Crippen LogP) is 1.97. The predicted molar refractivity (Wildman–Crippen MR) is 101 cm³/mol. The Morgan fingerprint density at radius 3 is 2.65 bits per heavy atom. The van der Waals surface area contributed by atoms with Crippen molar-refractivity contribution in [2.45, 2.75) is 37.8 Å². The van der Waals surface area contributed by atoms with Crippen molar-refractivity contribution < 1.29 is 37.3 Å². The first-order valence-corrected chi connectivity index (χ1v) is 9.60. The van der Waals surface area contributed by atoms with E-state index in [-0.39, 0.29) is 48.6 Å². The van der Waals surface area contributed by atoms with Crippen LogP contribution in [0.5, 0.6) is 11.5 Å². The maximum absolute atomic E-state index is 13.9. The van der Waals surface area contributed by atoms with Gasteiger partial charge < -0.3 is 24.8 Å². The molecule has 2 atom stereocenters. The topological polar surface area (TPSA) is 88.1 Å². The highest BCUT2D eigenvalue weighted by Crippen LogP contribution is 2.43. The van der Waals surface area contributed by atoms with Gasteiger partial charge in [0.25, 0.3) is 0 Å². The van der Waals surface area contributed by atoms with Gasteiger partial charge in [0.1, 0.15) is 11.9 Å². The van der Waals surface area contributed by atoms with Crippen molar-refractivity contribution in [1.82, 2.24) is 10.2 Å². The summed E-state index contributed by atoms with van der Waals surface area (Å²) in [6.07, 6.45) is -4.93. The van der Waals surface area contributed by atoms with Crippen molar-refractivity contribution in [2.75, 3.05) is 6.54 Å². The van der Waals surface area contributed by atoms with Gasteiger partial charge in [-0.05, 0) is 17.7 Å². The third kappa shape index (κ3) is 4.43. The highest BCUT2D eigenvalue weighted by atomic mass is 19.3. The van der Waals surface area contributed by atoms with E-state index in [0.717, 1.165) is 0 Å². The van der Waals surface area contributed by atoms with Gasteiger partial charge in [0, 0.05) is 25.1 Å². The number of halogens is 3. The van der Waals surface area contributed by atoms with Gasteiger partial charge in [-0.1, -0.05) is 30.3 Å². The summed E-state index contributed by atoms with van der Waals surface area (Å²) in [7, 11) is 0. The number of hydrogen-bond donors (Lipinski definition) is 2. The van der Waals surface area contributed by atoms with Crippen molar-refractivity contribution in [3.05, 3.63) is 59.4 Å². The monoisotopic (exact) mass is 436 g/mol. The molecule has 31 heavy (non-hydrogen) atoms. The average Bonchev–Trinajstić information content (AvgIpc) is 3.26. The number of carbonyl (C=O) groups excluding carboxylic acids is 2. The van der Waals surface area contributed by atoms with Gasteiger partial charge in [0.15, 0.2) is 11.5 Å². The van der Waals surface area contributed by atoms with E-state index in [1.165, 1.54) is 41.3 Å². The molecule has 2 unspecified atom stereocenters. The van der Waals surface area contributed by atoms with Crippen molar-refractivity contribution >= 4 is 11.8 Å². The smallest absolute Gasteiger partial charge is 0.395 e. The van der Waals surface area contributed by atoms with Crippen LogP contribution in [0.2, 0.25) is 0 Å². The molecular weight excluding hydrogens is 417 g/mol. The van der Waals surface area contributed by atoms with Crippen LogP contribution in [-0.4, -0.2) is 46.8 Å². The number of nitrogens with one attached hydrogen (secondary N) is 1. The SMILES string of the molecule is O=C(NCc1cccc2c1OC(F)(F)O2)C1CC(O)CN1C(=O)Cc1ccccc1F. The zero-order valence-corrected chi connectivity index (χ0v) is 16.2. The molecule has 2 amide bonds. The number of rotatable bonds is 5. The summed E-state index contributed by atoms with van der Waals surface area (Å²) < 4.78 is 49.4. The lowest BCUT2D eigenvalue weighted by Crippen LogP contribution is -2.46. The second-order valence-corrected chi connectivity index (χ2v) is 7.35. The molecule has 4 rings (SSSR count). The Hall–Kier alpha value is -3.27. The molecule has 2 N–H and O–H groups in total. The van der Waals surface area contributed by atoms with E-state index in [4.69, 9.17) is 0 Å². The zero-order valence-electron chi connectivity index (χ0n) is 16.2. The standard InChI is InChI=1S/C21H19F3N2O5/c22-15-6-2-1-4-12(15)8-18(28)26-11-14(27)9-16(26)20(29)25-10-13-5-3-7-17-19(13)31-21(23,24)30-17/h1-7,14,16,27H,8-11H2,(H,25,29). The molecule has 1 saturated heterocycles. The summed E-state index contributed by atoms with van der Waals surface area (Å²) in [4.78, 5) is 26.6. The number of benzene rings is 2. The van der Waals surface area contributed by atoms with Crippen molar-refractivity contribution in [1.29, 1.82) is 0 Å². The van der Waals surface area contributed by atoms with Crippen LogP contribution in [0.4, 0.5) is 13.2 Å². The van der Waals surface area contributed by atoms with Crippen LogP contribution >= 0.6 is 0 Å². The Morgan fingerprint density at radius 1 is 1.13 bits per heavy atom. The van der Waals surface area contributed by atoms with Crippen LogP contribution in [0.15, 0.2) is 42.5 Å². The molecule has 1 fully saturated rings. The molecule has 2 heterocycles. The molecular formula is C21H19F3N2O5. The highest BCUT2D eigenvalue weighted by molar-refractivity contribution is 5.89. The summed E-state index contributed by atoms with van der Waals surface area (Å²) in [5.74, 6) is -1.92. The minimum atomic E-state index is -3.78. The van der Waals surface area contributed by atoms with Gasteiger partial charge in [0.05, 0.1) is 12.5 Å². The Labute approximate surface area is 175 Å². The van der Waals surface area contributed by atoms with E-state index in [1.807, 2.05) is 0 Å². The van der Waals surface area contributed by atoms with Crippen molar-refractivity contribution in [3.8, 4) is 11.5 Å². The number of amides is 2. The first-order valence-electron chi connectivity index (χ1n) is 9.60. The number of alkyl halides is 2. The Balaban J connectivity index is 1.43. The van der Waals surface area contributed by atoms with Gasteiger partial charge in [0.2, 0.25) is 11.8 Å². The molecule has 0 bridgehead atoms. The van der Waals surface area contributed by atoms with E-state index < -0.39 is 36.1 Å². The van der Waals surface area contributed by atoms with Crippen LogP contribution in [-0.2, 0) is 22.6 Å². The van der Waals surface area contributed by atoms with E-state index >= 15 is 0 Å². The van der Waals surface area contributed by atoms with Gasteiger partial charge in [-0.15, -0.1) is 8.78 Å². The van der Waals surface area contributed by atoms with Crippen LogP contribution < -0.4 is 14.8 Å². The third-order valence-electron chi connectivity index (χ3n) is 5.16. The molecule has 2 aliphatic rings. The number of likely N-dealkylation sites (tertiary alicyclic amines) is 1. The number of ether oxygens (including phenoxy) is 2. The summed E-state index contributed by atoms with van der Waals surface area (Å²) in [5.41, 5.74) is 0.455. The number of para-hydroxylation sites is 1. The maximum atomic E-state index is 13.9. The van der Waals surface area contributed by atoms with Gasteiger partial charge >= 0.3 is 6.29 Å². The summed E-state index contributed by atoms with van der Waals surface area (Å²) in [6.45, 7) is -0.210. The molecule has 7 nitrogen and oxygen atoms in total. The summed E-state index contributed by atoms with van der Waals surface area (Å²) in [6, 6.07) is 9.14. The molecule has 2 aromatic rings. The summed E-state index contributed by atoms with van der Waals surface area (Å²) in [5, 5.41) is 12.6.